The average Bonchev–Trinajstić information content (AvgIpc) is 2.18. The summed E-state index contributed by atoms with van der Waals surface area (Å²) in [5.41, 5.74) is -0.617. The van der Waals surface area contributed by atoms with Gasteiger partial charge in [0, 0.05) is 6.92 Å². The maximum atomic E-state index is 13.1. The highest BCUT2D eigenvalue weighted by Crippen LogP contribution is 2.35. The molecule has 80 valence electrons. The third-order valence-electron chi connectivity index (χ3n) is 1.68. The van der Waals surface area contributed by atoms with Gasteiger partial charge >= 0.3 is 0 Å². The lowest BCUT2D eigenvalue weighted by molar-refractivity contribution is -0.114. The number of aldehydes is 1. The van der Waals surface area contributed by atoms with Gasteiger partial charge in [0.15, 0.2) is 17.8 Å². The third-order valence-corrected chi connectivity index (χ3v) is 1.68. The summed E-state index contributed by atoms with van der Waals surface area (Å²) < 4.78 is 13.1. The molecule has 0 bridgehead atoms. The molecule has 1 amide bonds. The highest BCUT2D eigenvalue weighted by Gasteiger charge is 2.17. The topological polar surface area (TPSA) is 86.6 Å². The lowest BCUT2D eigenvalue weighted by Gasteiger charge is -2.08. The minimum Gasteiger partial charge on any atom is -0.504 e. The van der Waals surface area contributed by atoms with Crippen LogP contribution < -0.4 is 5.32 Å². The summed E-state index contributed by atoms with van der Waals surface area (Å²) in [6.07, 6.45) is 0.211. The van der Waals surface area contributed by atoms with Crippen molar-refractivity contribution in [3.8, 4) is 11.5 Å². The fourth-order valence-corrected chi connectivity index (χ4v) is 1.02. The van der Waals surface area contributed by atoms with Gasteiger partial charge in [-0.25, -0.2) is 0 Å². The van der Waals surface area contributed by atoms with Gasteiger partial charge in [-0.05, 0) is 6.07 Å². The molecule has 0 aliphatic heterocycles. The molecule has 0 atom stereocenters. The van der Waals surface area contributed by atoms with Crippen LogP contribution in [0, 0.1) is 5.82 Å². The number of phenols is 2. The second-order valence-corrected chi connectivity index (χ2v) is 2.82. The maximum Gasteiger partial charge on any atom is 0.221 e. The number of aromatic hydroxyl groups is 2. The number of amides is 1. The zero-order valence-corrected chi connectivity index (χ0v) is 7.74. The summed E-state index contributed by atoms with van der Waals surface area (Å²) >= 11 is 0. The van der Waals surface area contributed by atoms with Crippen LogP contribution in [0.25, 0.3) is 0 Å². The highest BCUT2D eigenvalue weighted by atomic mass is 19.1. The zero-order valence-electron chi connectivity index (χ0n) is 7.74. The molecule has 1 aromatic rings. The van der Waals surface area contributed by atoms with Gasteiger partial charge in [0.2, 0.25) is 11.7 Å². The Morgan fingerprint density at radius 2 is 2.07 bits per heavy atom. The molecule has 0 fully saturated rings. The first kappa shape index (κ1) is 11.0. The number of nitrogens with one attached hydrogen (secondary N) is 1. The summed E-state index contributed by atoms with van der Waals surface area (Å²) in [6, 6.07) is 0.974. The molecule has 0 saturated carbocycles. The Balaban J connectivity index is 3.34. The SMILES string of the molecule is CC(=O)Nc1cc(C=O)c(O)c(F)c1O. The molecule has 1 aromatic carbocycles. The van der Waals surface area contributed by atoms with Gasteiger partial charge in [-0.3, -0.25) is 9.59 Å². The van der Waals surface area contributed by atoms with E-state index < -0.39 is 23.2 Å². The summed E-state index contributed by atoms with van der Waals surface area (Å²) in [7, 11) is 0. The second-order valence-electron chi connectivity index (χ2n) is 2.82. The van der Waals surface area contributed by atoms with E-state index in [0.29, 0.717) is 0 Å². The second kappa shape index (κ2) is 3.95. The van der Waals surface area contributed by atoms with E-state index in [1.165, 1.54) is 0 Å². The van der Waals surface area contributed by atoms with Crippen LogP contribution in [0.2, 0.25) is 0 Å². The van der Waals surface area contributed by atoms with Gasteiger partial charge in [-0.15, -0.1) is 0 Å². The van der Waals surface area contributed by atoms with Crippen molar-refractivity contribution in [3.05, 3.63) is 17.4 Å². The molecule has 0 radical (unpaired) electrons. The summed E-state index contributed by atoms with van der Waals surface area (Å²) in [6.45, 7) is 1.16. The normalized spacial score (nSPS) is 9.73. The van der Waals surface area contributed by atoms with Crippen molar-refractivity contribution in [2.75, 3.05) is 5.32 Å². The van der Waals surface area contributed by atoms with Gasteiger partial charge in [-0.1, -0.05) is 0 Å². The fraction of sp³-hybridized carbons (Fsp3) is 0.111. The summed E-state index contributed by atoms with van der Waals surface area (Å²) in [4.78, 5) is 21.1. The van der Waals surface area contributed by atoms with Crippen LogP contribution in [0.15, 0.2) is 6.07 Å². The fourth-order valence-electron chi connectivity index (χ4n) is 1.02. The van der Waals surface area contributed by atoms with Crippen molar-refractivity contribution < 1.29 is 24.2 Å². The molecule has 0 unspecified atom stereocenters. The number of carbonyl (C=O) groups is 2. The van der Waals surface area contributed by atoms with Crippen molar-refractivity contribution in [3.63, 3.8) is 0 Å². The Labute approximate surface area is 84.2 Å². The quantitative estimate of drug-likeness (QED) is 0.388. The predicted octanol–water partition coefficient (Wildman–Crippen LogP) is 1.01. The number of benzene rings is 1. The number of carbonyl (C=O) groups excluding carboxylic acids is 2. The number of rotatable bonds is 2. The zero-order chi connectivity index (χ0) is 11.6. The molecule has 0 saturated heterocycles. The third kappa shape index (κ3) is 2.04. The van der Waals surface area contributed by atoms with E-state index >= 15 is 0 Å². The molecule has 6 heteroatoms. The monoisotopic (exact) mass is 213 g/mol. The van der Waals surface area contributed by atoms with Gasteiger partial charge in [-0.2, -0.15) is 4.39 Å². The molecule has 0 aliphatic rings. The van der Waals surface area contributed by atoms with E-state index in [2.05, 4.69) is 5.32 Å². The smallest absolute Gasteiger partial charge is 0.221 e. The maximum absolute atomic E-state index is 13.1. The summed E-state index contributed by atoms with van der Waals surface area (Å²) in [5.74, 6) is -3.74. The van der Waals surface area contributed by atoms with Crippen molar-refractivity contribution >= 4 is 17.9 Å². The molecule has 15 heavy (non-hydrogen) atoms. The van der Waals surface area contributed by atoms with Gasteiger partial charge in [0.25, 0.3) is 0 Å². The van der Waals surface area contributed by atoms with E-state index in [1.54, 1.807) is 0 Å². The number of halogens is 1. The van der Waals surface area contributed by atoms with Crippen LogP contribution in [0.1, 0.15) is 17.3 Å². The standard InChI is InChI=1S/C9H8FNO4/c1-4(13)11-6-2-5(3-12)8(14)7(10)9(6)15/h2-3,14-15H,1H3,(H,11,13). The molecule has 0 aliphatic carbocycles. The van der Waals surface area contributed by atoms with Crippen LogP contribution in [0.3, 0.4) is 0 Å². The van der Waals surface area contributed by atoms with Crippen LogP contribution >= 0.6 is 0 Å². The predicted molar refractivity (Wildman–Crippen MR) is 49.4 cm³/mol. The van der Waals surface area contributed by atoms with Crippen molar-refractivity contribution in [1.29, 1.82) is 0 Å². The molecule has 0 heterocycles. The van der Waals surface area contributed by atoms with Crippen LogP contribution in [0.4, 0.5) is 10.1 Å². The van der Waals surface area contributed by atoms with Crippen molar-refractivity contribution in [2.45, 2.75) is 6.92 Å². The Hall–Kier alpha value is -2.11. The lowest BCUT2D eigenvalue weighted by Crippen LogP contribution is -2.07. The Kier molecular flexibility index (Phi) is 2.89. The average molecular weight is 213 g/mol. The minimum atomic E-state index is -1.34. The summed E-state index contributed by atoms with van der Waals surface area (Å²) in [5, 5.41) is 20.4. The van der Waals surface area contributed by atoms with Gasteiger partial charge in [0.05, 0.1) is 11.3 Å². The first-order chi connectivity index (χ1) is 6.97. The van der Waals surface area contributed by atoms with Gasteiger partial charge < -0.3 is 15.5 Å². The highest BCUT2D eigenvalue weighted by molar-refractivity contribution is 5.93. The van der Waals surface area contributed by atoms with Crippen molar-refractivity contribution in [2.24, 2.45) is 0 Å². The molecular formula is C9H8FNO4. The number of phenolic OH excluding ortho intramolecular Hbond substituents is 2. The molecule has 1 rings (SSSR count). The van der Waals surface area contributed by atoms with Gasteiger partial charge in [0.1, 0.15) is 0 Å². The van der Waals surface area contributed by atoms with E-state index in [9.17, 15) is 19.1 Å². The number of anilines is 1. The van der Waals surface area contributed by atoms with E-state index in [-0.39, 0.29) is 17.5 Å². The van der Waals surface area contributed by atoms with Crippen LogP contribution in [0.5, 0.6) is 11.5 Å². The van der Waals surface area contributed by atoms with Crippen LogP contribution in [-0.4, -0.2) is 22.4 Å². The first-order valence-corrected chi connectivity index (χ1v) is 3.94. The lowest BCUT2D eigenvalue weighted by atomic mass is 10.1. The Bertz CT molecular complexity index is 431. The minimum absolute atomic E-state index is 0.211. The van der Waals surface area contributed by atoms with E-state index in [0.717, 1.165) is 13.0 Å². The van der Waals surface area contributed by atoms with Crippen molar-refractivity contribution in [1.82, 2.24) is 0 Å². The number of hydrogen-bond acceptors (Lipinski definition) is 4. The number of hydrogen-bond donors (Lipinski definition) is 3. The van der Waals surface area contributed by atoms with E-state index in [1.807, 2.05) is 0 Å². The molecular weight excluding hydrogens is 205 g/mol. The molecule has 0 spiro atoms. The van der Waals surface area contributed by atoms with Crippen LogP contribution in [-0.2, 0) is 4.79 Å². The molecule has 3 N–H and O–H groups in total. The first-order valence-electron chi connectivity index (χ1n) is 3.94. The Morgan fingerprint density at radius 1 is 1.47 bits per heavy atom. The molecule has 5 nitrogen and oxygen atoms in total. The van der Waals surface area contributed by atoms with E-state index in [4.69, 9.17) is 5.11 Å². The molecule has 0 aromatic heterocycles. The Morgan fingerprint density at radius 3 is 2.53 bits per heavy atom. The largest absolute Gasteiger partial charge is 0.504 e.